The van der Waals surface area contributed by atoms with E-state index in [1.807, 2.05) is 0 Å². The summed E-state index contributed by atoms with van der Waals surface area (Å²) in [6.07, 6.45) is -4.66. The summed E-state index contributed by atoms with van der Waals surface area (Å²) in [7, 11) is 0. The fourth-order valence-corrected chi connectivity index (χ4v) is 1.60. The number of alkyl halides is 3. The van der Waals surface area contributed by atoms with Gasteiger partial charge in [-0.05, 0) is 5.56 Å². The molecule has 0 radical (unpaired) electrons. The van der Waals surface area contributed by atoms with E-state index in [4.69, 9.17) is 10.9 Å². The van der Waals surface area contributed by atoms with E-state index in [1.165, 1.54) is 24.3 Å². The molecule has 10 heteroatoms. The number of halogens is 3. The van der Waals surface area contributed by atoms with Crippen LogP contribution in [0.2, 0.25) is 0 Å². The van der Waals surface area contributed by atoms with E-state index in [0.29, 0.717) is 5.56 Å². The number of hydrogen-bond acceptors (Lipinski definition) is 5. The van der Waals surface area contributed by atoms with Gasteiger partial charge in [-0.25, -0.2) is 0 Å². The van der Waals surface area contributed by atoms with Crippen molar-refractivity contribution in [3.63, 3.8) is 0 Å². The summed E-state index contributed by atoms with van der Waals surface area (Å²) in [5, 5.41) is 23.8. The highest BCUT2D eigenvalue weighted by Crippen LogP contribution is 2.26. The molecule has 0 aliphatic carbocycles. The summed E-state index contributed by atoms with van der Waals surface area (Å²) in [6.45, 7) is -0.630. The third kappa shape index (κ3) is 4.91. The van der Waals surface area contributed by atoms with Crippen LogP contribution in [0.5, 0.6) is 0 Å². The molecule has 0 aromatic heterocycles. The molecular formula is C11H13F3N4O3. The predicted octanol–water partition coefficient (Wildman–Crippen LogP) is 1.61. The number of nitro groups is 1. The molecule has 0 fully saturated rings. The van der Waals surface area contributed by atoms with Gasteiger partial charge in [0.15, 0.2) is 5.84 Å². The molecule has 21 heavy (non-hydrogen) atoms. The lowest BCUT2D eigenvalue weighted by molar-refractivity contribution is -0.384. The van der Waals surface area contributed by atoms with Crippen molar-refractivity contribution < 1.29 is 23.3 Å². The zero-order valence-corrected chi connectivity index (χ0v) is 10.7. The summed E-state index contributed by atoms with van der Waals surface area (Å²) >= 11 is 0. The van der Waals surface area contributed by atoms with Crippen LogP contribution in [0, 0.1) is 16.0 Å². The van der Waals surface area contributed by atoms with Crippen LogP contribution < -0.4 is 11.1 Å². The van der Waals surface area contributed by atoms with Gasteiger partial charge >= 0.3 is 6.18 Å². The molecule has 0 aliphatic heterocycles. The molecule has 7 nitrogen and oxygen atoms in total. The monoisotopic (exact) mass is 306 g/mol. The molecule has 0 spiro atoms. The molecule has 0 bridgehead atoms. The number of hydrogen-bond donors (Lipinski definition) is 3. The summed E-state index contributed by atoms with van der Waals surface area (Å²) in [5.74, 6) is -3.09. The van der Waals surface area contributed by atoms with Crippen LogP contribution in [-0.2, 0) is 6.54 Å². The Balaban J connectivity index is 2.67. The summed E-state index contributed by atoms with van der Waals surface area (Å²) in [6, 6.07) is 5.49. The number of nitrogens with zero attached hydrogens (tertiary/aromatic N) is 2. The second-order valence-corrected chi connectivity index (χ2v) is 4.18. The number of nitrogens with two attached hydrogens (primary N) is 1. The van der Waals surface area contributed by atoms with Gasteiger partial charge in [0, 0.05) is 25.2 Å². The van der Waals surface area contributed by atoms with E-state index in [1.54, 1.807) is 0 Å². The van der Waals surface area contributed by atoms with Crippen LogP contribution in [0.3, 0.4) is 0 Å². The van der Waals surface area contributed by atoms with Gasteiger partial charge in [-0.2, -0.15) is 13.2 Å². The second kappa shape index (κ2) is 6.88. The van der Waals surface area contributed by atoms with Crippen LogP contribution in [-0.4, -0.2) is 28.7 Å². The van der Waals surface area contributed by atoms with Crippen molar-refractivity contribution in [1.82, 2.24) is 5.32 Å². The minimum Gasteiger partial charge on any atom is -0.409 e. The maximum Gasteiger partial charge on any atom is 0.400 e. The summed E-state index contributed by atoms with van der Waals surface area (Å²) in [4.78, 5) is 9.97. The number of oxime groups is 1. The van der Waals surface area contributed by atoms with Crippen molar-refractivity contribution >= 4 is 11.5 Å². The van der Waals surface area contributed by atoms with Crippen LogP contribution in [0.4, 0.5) is 18.9 Å². The van der Waals surface area contributed by atoms with Gasteiger partial charge in [0.1, 0.15) is 5.92 Å². The molecule has 1 aromatic rings. The van der Waals surface area contributed by atoms with Gasteiger partial charge in [0.2, 0.25) is 0 Å². The Hall–Kier alpha value is -2.36. The number of nitrogens with one attached hydrogen (secondary N) is 1. The Morgan fingerprint density at radius 3 is 2.71 bits per heavy atom. The van der Waals surface area contributed by atoms with Gasteiger partial charge in [-0.1, -0.05) is 17.3 Å². The van der Waals surface area contributed by atoms with Gasteiger partial charge in [-0.3, -0.25) is 10.1 Å². The van der Waals surface area contributed by atoms with Crippen molar-refractivity contribution in [1.29, 1.82) is 0 Å². The lowest BCUT2D eigenvalue weighted by atomic mass is 10.1. The Labute approximate surface area is 117 Å². The molecular weight excluding hydrogens is 293 g/mol. The Bertz CT molecular complexity index is 534. The second-order valence-electron chi connectivity index (χ2n) is 4.18. The number of non-ortho nitro benzene ring substituents is 1. The first-order valence-corrected chi connectivity index (χ1v) is 5.74. The quantitative estimate of drug-likeness (QED) is 0.243. The number of amidine groups is 1. The minimum absolute atomic E-state index is 0.0209. The molecule has 0 aliphatic rings. The van der Waals surface area contributed by atoms with Crippen molar-refractivity contribution in [2.45, 2.75) is 12.7 Å². The van der Waals surface area contributed by atoms with Gasteiger partial charge < -0.3 is 16.3 Å². The SMILES string of the molecule is N/C(=N/O)C(CNCc1cccc([N+](=O)[O-])c1)C(F)(F)F. The van der Waals surface area contributed by atoms with Crippen LogP contribution in [0.15, 0.2) is 29.4 Å². The van der Waals surface area contributed by atoms with E-state index in [0.717, 1.165) is 0 Å². The van der Waals surface area contributed by atoms with Crippen molar-refractivity contribution in [3.8, 4) is 0 Å². The highest BCUT2D eigenvalue weighted by Gasteiger charge is 2.42. The van der Waals surface area contributed by atoms with Crippen LogP contribution in [0.1, 0.15) is 5.56 Å². The van der Waals surface area contributed by atoms with Crippen molar-refractivity contribution in [2.75, 3.05) is 6.54 Å². The average Bonchev–Trinajstić information content (AvgIpc) is 2.41. The normalized spacial score (nSPS) is 14.0. The fourth-order valence-electron chi connectivity index (χ4n) is 1.60. The van der Waals surface area contributed by atoms with Crippen LogP contribution in [0.25, 0.3) is 0 Å². The lowest BCUT2D eigenvalue weighted by Gasteiger charge is -2.19. The van der Waals surface area contributed by atoms with Crippen molar-refractivity contribution in [3.05, 3.63) is 39.9 Å². The molecule has 1 aromatic carbocycles. The molecule has 1 unspecified atom stereocenters. The Morgan fingerprint density at radius 1 is 1.52 bits per heavy atom. The molecule has 4 N–H and O–H groups in total. The first kappa shape index (κ1) is 16.7. The maximum absolute atomic E-state index is 12.7. The topological polar surface area (TPSA) is 114 Å². The Morgan fingerprint density at radius 2 is 2.19 bits per heavy atom. The fraction of sp³-hybridized carbons (Fsp3) is 0.364. The smallest absolute Gasteiger partial charge is 0.400 e. The van der Waals surface area contributed by atoms with Crippen molar-refractivity contribution in [2.24, 2.45) is 16.8 Å². The van der Waals surface area contributed by atoms with Gasteiger partial charge in [0.25, 0.3) is 5.69 Å². The minimum atomic E-state index is -4.66. The maximum atomic E-state index is 12.7. The molecule has 116 valence electrons. The number of nitro benzene ring substituents is 1. The highest BCUT2D eigenvalue weighted by atomic mass is 19.4. The number of benzene rings is 1. The van der Waals surface area contributed by atoms with Gasteiger partial charge in [-0.15, -0.1) is 0 Å². The lowest BCUT2D eigenvalue weighted by Crippen LogP contribution is -2.42. The van der Waals surface area contributed by atoms with Gasteiger partial charge in [0.05, 0.1) is 4.92 Å². The average molecular weight is 306 g/mol. The van der Waals surface area contributed by atoms with E-state index in [-0.39, 0.29) is 12.2 Å². The molecule has 0 heterocycles. The van der Waals surface area contributed by atoms with E-state index in [2.05, 4.69) is 10.5 Å². The zero-order valence-electron chi connectivity index (χ0n) is 10.7. The summed E-state index contributed by atoms with van der Waals surface area (Å²) < 4.78 is 38.0. The largest absolute Gasteiger partial charge is 0.409 e. The first-order chi connectivity index (χ1) is 9.75. The highest BCUT2D eigenvalue weighted by molar-refractivity contribution is 5.83. The zero-order chi connectivity index (χ0) is 16.0. The number of rotatable bonds is 6. The van der Waals surface area contributed by atoms with E-state index < -0.39 is 29.4 Å². The first-order valence-electron chi connectivity index (χ1n) is 5.74. The predicted molar refractivity (Wildman–Crippen MR) is 67.8 cm³/mol. The molecule has 0 saturated carbocycles. The molecule has 1 rings (SSSR count). The van der Waals surface area contributed by atoms with E-state index in [9.17, 15) is 23.3 Å². The summed E-state index contributed by atoms with van der Waals surface area (Å²) in [5.41, 5.74) is 5.29. The molecule has 1 atom stereocenters. The molecule has 0 amide bonds. The standard InChI is InChI=1S/C11H13F3N4O3/c12-11(13,14)9(10(15)17-19)6-16-5-7-2-1-3-8(4-7)18(20)21/h1-4,9,16,19H,5-6H2,(H2,15,17). The third-order valence-corrected chi connectivity index (χ3v) is 2.67. The third-order valence-electron chi connectivity index (χ3n) is 2.67. The Kier molecular flexibility index (Phi) is 5.47. The van der Waals surface area contributed by atoms with E-state index >= 15 is 0 Å². The molecule has 0 saturated heterocycles. The van der Waals surface area contributed by atoms with Crippen LogP contribution >= 0.6 is 0 Å².